The van der Waals surface area contributed by atoms with E-state index in [1.54, 1.807) is 0 Å². The summed E-state index contributed by atoms with van der Waals surface area (Å²) in [5, 5.41) is 2.84. The van der Waals surface area contributed by atoms with Crippen LogP contribution in [0.25, 0.3) is 0 Å². The fourth-order valence-electron chi connectivity index (χ4n) is 2.80. The highest BCUT2D eigenvalue weighted by atomic mass is 32.2. The van der Waals surface area contributed by atoms with Gasteiger partial charge in [0.05, 0.1) is 4.90 Å². The van der Waals surface area contributed by atoms with Crippen molar-refractivity contribution in [1.82, 2.24) is 9.62 Å². The number of carbonyl (C=O) groups excluding carboxylic acids is 1. The molecule has 2 rings (SSSR count). The predicted octanol–water partition coefficient (Wildman–Crippen LogP) is 2.53. The van der Waals surface area contributed by atoms with E-state index in [1.165, 1.54) is 16.4 Å². The van der Waals surface area contributed by atoms with Gasteiger partial charge in [-0.15, -0.1) is 0 Å². The average molecular weight is 356 g/mol. The summed E-state index contributed by atoms with van der Waals surface area (Å²) in [7, 11) is -3.81. The van der Waals surface area contributed by atoms with Gasteiger partial charge in [-0.3, -0.25) is 4.79 Å². The topological polar surface area (TPSA) is 66.5 Å². The number of amides is 1. The van der Waals surface area contributed by atoms with Crippen LogP contribution in [0.5, 0.6) is 0 Å². The number of nitrogens with one attached hydrogen (secondary N) is 1. The zero-order valence-corrected chi connectivity index (χ0v) is 15.0. The summed E-state index contributed by atoms with van der Waals surface area (Å²) in [6, 6.07) is 4.03. The van der Waals surface area contributed by atoms with Gasteiger partial charge in [-0.1, -0.05) is 20.3 Å². The summed E-state index contributed by atoms with van der Waals surface area (Å²) >= 11 is 0. The van der Waals surface area contributed by atoms with E-state index >= 15 is 0 Å². The second-order valence-corrected chi connectivity index (χ2v) is 8.45. The number of carbonyl (C=O) groups is 1. The molecule has 0 unspecified atom stereocenters. The minimum atomic E-state index is -3.81. The Morgan fingerprint density at radius 1 is 1.29 bits per heavy atom. The van der Waals surface area contributed by atoms with E-state index in [0.717, 1.165) is 31.4 Å². The Hall–Kier alpha value is -1.47. The van der Waals surface area contributed by atoms with Gasteiger partial charge in [-0.2, -0.15) is 4.31 Å². The van der Waals surface area contributed by atoms with Crippen LogP contribution in [-0.2, 0) is 14.8 Å². The Balaban J connectivity index is 2.15. The van der Waals surface area contributed by atoms with Gasteiger partial charge < -0.3 is 5.32 Å². The number of hydrogen-bond donors (Lipinski definition) is 1. The highest BCUT2D eigenvalue weighted by Crippen LogP contribution is 2.25. The smallest absolute Gasteiger partial charge is 0.243 e. The van der Waals surface area contributed by atoms with Crippen LogP contribution in [0.2, 0.25) is 0 Å². The van der Waals surface area contributed by atoms with Crippen molar-refractivity contribution in [3.63, 3.8) is 0 Å². The van der Waals surface area contributed by atoms with Gasteiger partial charge in [0, 0.05) is 13.1 Å². The van der Waals surface area contributed by atoms with Crippen LogP contribution in [-0.4, -0.2) is 37.8 Å². The first-order valence-corrected chi connectivity index (χ1v) is 9.81. The molecule has 7 heteroatoms. The van der Waals surface area contributed by atoms with Crippen LogP contribution in [0.1, 0.15) is 39.5 Å². The van der Waals surface area contributed by atoms with Crippen molar-refractivity contribution in [2.75, 3.05) is 13.1 Å². The number of benzene rings is 1. The van der Waals surface area contributed by atoms with Gasteiger partial charge in [0.1, 0.15) is 11.9 Å². The van der Waals surface area contributed by atoms with Crippen molar-refractivity contribution < 1.29 is 17.6 Å². The van der Waals surface area contributed by atoms with Gasteiger partial charge >= 0.3 is 0 Å². The van der Waals surface area contributed by atoms with E-state index < -0.39 is 21.9 Å². The van der Waals surface area contributed by atoms with Crippen molar-refractivity contribution >= 4 is 15.9 Å². The number of hydrogen-bond acceptors (Lipinski definition) is 3. The molecule has 0 spiro atoms. The largest absolute Gasteiger partial charge is 0.355 e. The highest BCUT2D eigenvalue weighted by molar-refractivity contribution is 7.89. The number of nitrogens with zero attached hydrogens (tertiary/aromatic N) is 1. The van der Waals surface area contributed by atoms with Crippen LogP contribution in [0.15, 0.2) is 29.2 Å². The molecule has 1 fully saturated rings. The number of piperidine rings is 1. The summed E-state index contributed by atoms with van der Waals surface area (Å²) in [5.41, 5.74) is 0. The molecular formula is C17H25FN2O3S. The molecule has 1 saturated heterocycles. The standard InChI is InChI=1S/C17H25FN2O3S/c1-13(2)10-11-19-17(21)16-5-3-4-12-20(16)24(22,23)15-8-6-14(18)7-9-15/h6-9,13,16H,3-5,10-12H2,1-2H3,(H,19,21)/t16-/m1/s1. The first kappa shape index (κ1) is 18.9. The van der Waals surface area contributed by atoms with Gasteiger partial charge in [-0.05, 0) is 49.4 Å². The molecule has 1 atom stereocenters. The van der Waals surface area contributed by atoms with Gasteiger partial charge in [0.15, 0.2) is 0 Å². The molecule has 1 N–H and O–H groups in total. The van der Waals surface area contributed by atoms with Gasteiger partial charge in [0.2, 0.25) is 15.9 Å². The second-order valence-electron chi connectivity index (χ2n) is 6.55. The summed E-state index contributed by atoms with van der Waals surface area (Å²) in [5.74, 6) is -0.271. The maximum Gasteiger partial charge on any atom is 0.243 e. The summed E-state index contributed by atoms with van der Waals surface area (Å²) < 4.78 is 40.0. The zero-order valence-electron chi connectivity index (χ0n) is 14.2. The third kappa shape index (κ3) is 4.54. The average Bonchev–Trinajstić information content (AvgIpc) is 2.55. The maximum absolute atomic E-state index is 13.1. The lowest BCUT2D eigenvalue weighted by molar-refractivity contribution is -0.125. The Morgan fingerprint density at radius 3 is 2.58 bits per heavy atom. The molecule has 5 nitrogen and oxygen atoms in total. The number of sulfonamides is 1. The summed E-state index contributed by atoms with van der Waals surface area (Å²) in [4.78, 5) is 12.5. The molecule has 1 amide bonds. The number of rotatable bonds is 6. The second kappa shape index (κ2) is 8.07. The molecule has 0 saturated carbocycles. The van der Waals surface area contributed by atoms with Crippen LogP contribution in [0.4, 0.5) is 4.39 Å². The van der Waals surface area contributed by atoms with Crippen molar-refractivity contribution in [3.8, 4) is 0 Å². The lowest BCUT2D eigenvalue weighted by atomic mass is 10.0. The molecule has 0 radical (unpaired) electrons. The fraction of sp³-hybridized carbons (Fsp3) is 0.588. The van der Waals surface area contributed by atoms with Crippen molar-refractivity contribution in [1.29, 1.82) is 0 Å². The minimum Gasteiger partial charge on any atom is -0.355 e. The van der Waals surface area contributed by atoms with Crippen LogP contribution in [0.3, 0.4) is 0 Å². The van der Waals surface area contributed by atoms with E-state index in [4.69, 9.17) is 0 Å². The first-order valence-electron chi connectivity index (χ1n) is 8.37. The Labute approximate surface area is 143 Å². The third-order valence-electron chi connectivity index (χ3n) is 4.20. The van der Waals surface area contributed by atoms with Crippen molar-refractivity contribution in [3.05, 3.63) is 30.1 Å². The zero-order chi connectivity index (χ0) is 17.7. The van der Waals surface area contributed by atoms with E-state index in [2.05, 4.69) is 19.2 Å². The van der Waals surface area contributed by atoms with E-state index in [0.29, 0.717) is 25.4 Å². The molecule has 1 aromatic rings. The van der Waals surface area contributed by atoms with Crippen molar-refractivity contribution in [2.45, 2.75) is 50.5 Å². The van der Waals surface area contributed by atoms with E-state index in [1.807, 2.05) is 0 Å². The van der Waals surface area contributed by atoms with Gasteiger partial charge in [0.25, 0.3) is 0 Å². The number of halogens is 1. The van der Waals surface area contributed by atoms with E-state index in [-0.39, 0.29) is 10.8 Å². The molecule has 0 aromatic heterocycles. The molecule has 1 aliphatic heterocycles. The molecular weight excluding hydrogens is 331 g/mol. The highest BCUT2D eigenvalue weighted by Gasteiger charge is 2.37. The SMILES string of the molecule is CC(C)CCNC(=O)[C@H]1CCCCN1S(=O)(=O)c1ccc(F)cc1. The lowest BCUT2D eigenvalue weighted by Crippen LogP contribution is -2.52. The summed E-state index contributed by atoms with van der Waals surface area (Å²) in [6.07, 6.45) is 2.89. The molecule has 0 bridgehead atoms. The lowest BCUT2D eigenvalue weighted by Gasteiger charge is -2.33. The van der Waals surface area contributed by atoms with E-state index in [9.17, 15) is 17.6 Å². The Kier molecular flexibility index (Phi) is 6.34. The third-order valence-corrected chi connectivity index (χ3v) is 6.12. The quantitative estimate of drug-likeness (QED) is 0.852. The molecule has 1 heterocycles. The molecule has 24 heavy (non-hydrogen) atoms. The van der Waals surface area contributed by atoms with Crippen LogP contribution < -0.4 is 5.32 Å². The van der Waals surface area contributed by atoms with Crippen LogP contribution >= 0.6 is 0 Å². The molecule has 134 valence electrons. The molecule has 0 aliphatic carbocycles. The molecule has 1 aliphatic rings. The molecule has 1 aromatic carbocycles. The minimum absolute atomic E-state index is 0.0192. The fourth-order valence-corrected chi connectivity index (χ4v) is 4.45. The Bertz CT molecular complexity index is 659. The van der Waals surface area contributed by atoms with Crippen molar-refractivity contribution in [2.24, 2.45) is 5.92 Å². The summed E-state index contributed by atoms with van der Waals surface area (Å²) in [6.45, 7) is 4.98. The van der Waals surface area contributed by atoms with Crippen LogP contribution in [0, 0.1) is 11.7 Å². The monoisotopic (exact) mass is 356 g/mol. The predicted molar refractivity (Wildman–Crippen MR) is 90.4 cm³/mol. The first-order chi connectivity index (χ1) is 11.3. The van der Waals surface area contributed by atoms with Gasteiger partial charge in [-0.25, -0.2) is 12.8 Å². The Morgan fingerprint density at radius 2 is 1.96 bits per heavy atom. The maximum atomic E-state index is 13.1. The normalized spacial score (nSPS) is 19.4.